The number of aromatic nitrogens is 2. The highest BCUT2D eigenvalue weighted by molar-refractivity contribution is 5.67. The van der Waals surface area contributed by atoms with Gasteiger partial charge in [-0.25, -0.2) is 9.97 Å². The lowest BCUT2D eigenvalue weighted by molar-refractivity contribution is 0.599. The summed E-state index contributed by atoms with van der Waals surface area (Å²) in [6, 6.07) is 8.74. The Morgan fingerprint density at radius 3 is 2.82 bits per heavy atom. The van der Waals surface area contributed by atoms with E-state index in [0.29, 0.717) is 0 Å². The van der Waals surface area contributed by atoms with Crippen molar-refractivity contribution in [2.45, 2.75) is 32.2 Å². The zero-order valence-electron chi connectivity index (χ0n) is 13.1. The molecule has 2 heterocycles. The Hall–Kier alpha value is -1.94. The lowest BCUT2D eigenvalue weighted by Gasteiger charge is -2.31. The third-order valence-corrected chi connectivity index (χ3v) is 4.64. The van der Waals surface area contributed by atoms with Crippen LogP contribution in [-0.2, 0) is 19.4 Å². The van der Waals surface area contributed by atoms with Crippen LogP contribution >= 0.6 is 0 Å². The van der Waals surface area contributed by atoms with Crippen LogP contribution in [-0.4, -0.2) is 30.1 Å². The number of hydrogen-bond acceptors (Lipinski definition) is 4. The maximum atomic E-state index is 4.93. The molecule has 0 saturated carbocycles. The average Bonchev–Trinajstić information content (AvgIpc) is 2.93. The second-order valence-corrected chi connectivity index (χ2v) is 6.22. The summed E-state index contributed by atoms with van der Waals surface area (Å²) in [4.78, 5) is 12.0. The van der Waals surface area contributed by atoms with Gasteiger partial charge in [-0.2, -0.15) is 0 Å². The standard InChI is InChI=1S/C18H22N4/c1-19-12-13-5-2-6-14(11-13)17-15-7-3-8-16(15)20-18(21-17)22-9-4-10-22/h2,5-6,11,19H,3-4,7-10,12H2,1H3. The molecule has 0 spiro atoms. The molecule has 2 aliphatic rings. The van der Waals surface area contributed by atoms with Crippen molar-refractivity contribution < 1.29 is 0 Å². The summed E-state index contributed by atoms with van der Waals surface area (Å²) in [6.07, 6.45) is 4.67. The van der Waals surface area contributed by atoms with Gasteiger partial charge in [-0.3, -0.25) is 0 Å². The molecular weight excluding hydrogens is 272 g/mol. The van der Waals surface area contributed by atoms with Crippen molar-refractivity contribution in [2.75, 3.05) is 25.0 Å². The van der Waals surface area contributed by atoms with Crippen LogP contribution in [0.3, 0.4) is 0 Å². The largest absolute Gasteiger partial charge is 0.341 e. The molecule has 114 valence electrons. The van der Waals surface area contributed by atoms with Gasteiger partial charge in [-0.1, -0.05) is 18.2 Å². The molecule has 0 atom stereocenters. The highest BCUT2D eigenvalue weighted by Crippen LogP contribution is 2.33. The van der Waals surface area contributed by atoms with Crippen molar-refractivity contribution in [2.24, 2.45) is 0 Å². The van der Waals surface area contributed by atoms with E-state index >= 15 is 0 Å². The molecule has 0 radical (unpaired) electrons. The van der Waals surface area contributed by atoms with E-state index in [9.17, 15) is 0 Å². The monoisotopic (exact) mass is 294 g/mol. The molecule has 0 unspecified atom stereocenters. The summed E-state index contributed by atoms with van der Waals surface area (Å²) in [5, 5.41) is 3.22. The molecule has 1 aliphatic heterocycles. The zero-order chi connectivity index (χ0) is 14.9. The number of hydrogen-bond donors (Lipinski definition) is 1. The van der Waals surface area contributed by atoms with Crippen LogP contribution in [0, 0.1) is 0 Å². The van der Waals surface area contributed by atoms with Gasteiger partial charge in [0.15, 0.2) is 0 Å². The summed E-state index contributed by atoms with van der Waals surface area (Å²) in [5.41, 5.74) is 6.32. The molecule has 4 nitrogen and oxygen atoms in total. The van der Waals surface area contributed by atoms with Gasteiger partial charge in [-0.05, 0) is 44.4 Å². The van der Waals surface area contributed by atoms with Gasteiger partial charge >= 0.3 is 0 Å². The minimum absolute atomic E-state index is 0.889. The molecule has 1 fully saturated rings. The van der Waals surface area contributed by atoms with Crippen molar-refractivity contribution in [3.63, 3.8) is 0 Å². The lowest BCUT2D eigenvalue weighted by Crippen LogP contribution is -2.38. The summed E-state index contributed by atoms with van der Waals surface area (Å²) >= 11 is 0. The minimum atomic E-state index is 0.889. The third-order valence-electron chi connectivity index (χ3n) is 4.64. The number of aryl methyl sites for hydroxylation is 1. The van der Waals surface area contributed by atoms with Crippen LogP contribution < -0.4 is 10.2 Å². The molecular formula is C18H22N4. The first-order chi connectivity index (χ1) is 10.8. The van der Waals surface area contributed by atoms with Crippen molar-refractivity contribution in [1.29, 1.82) is 0 Å². The first-order valence-electron chi connectivity index (χ1n) is 8.24. The third kappa shape index (κ3) is 2.37. The smallest absolute Gasteiger partial charge is 0.226 e. The molecule has 1 aliphatic carbocycles. The Labute approximate surface area is 131 Å². The molecule has 1 saturated heterocycles. The fraction of sp³-hybridized carbons (Fsp3) is 0.444. The highest BCUT2D eigenvalue weighted by atomic mass is 15.3. The first kappa shape index (κ1) is 13.7. The quantitative estimate of drug-likeness (QED) is 0.941. The van der Waals surface area contributed by atoms with E-state index < -0.39 is 0 Å². The molecule has 1 aromatic carbocycles. The van der Waals surface area contributed by atoms with Gasteiger partial charge < -0.3 is 10.2 Å². The summed E-state index contributed by atoms with van der Waals surface area (Å²) in [6.45, 7) is 3.08. The van der Waals surface area contributed by atoms with E-state index in [-0.39, 0.29) is 0 Å². The predicted octanol–water partition coefficient (Wildman–Crippen LogP) is 2.56. The molecule has 4 rings (SSSR count). The van der Waals surface area contributed by atoms with Crippen LogP contribution in [0.4, 0.5) is 5.95 Å². The first-order valence-corrected chi connectivity index (χ1v) is 8.24. The minimum Gasteiger partial charge on any atom is -0.341 e. The van der Waals surface area contributed by atoms with Crippen LogP contribution in [0.2, 0.25) is 0 Å². The van der Waals surface area contributed by atoms with Crippen molar-refractivity contribution >= 4 is 5.95 Å². The number of nitrogens with zero attached hydrogens (tertiary/aromatic N) is 3. The topological polar surface area (TPSA) is 41.1 Å². The number of anilines is 1. The molecule has 22 heavy (non-hydrogen) atoms. The molecule has 0 amide bonds. The zero-order valence-corrected chi connectivity index (χ0v) is 13.1. The van der Waals surface area contributed by atoms with E-state index in [1.54, 1.807) is 0 Å². The number of nitrogens with one attached hydrogen (secondary N) is 1. The maximum Gasteiger partial charge on any atom is 0.226 e. The fourth-order valence-electron chi connectivity index (χ4n) is 3.35. The maximum absolute atomic E-state index is 4.93. The van der Waals surface area contributed by atoms with E-state index in [1.807, 2.05) is 7.05 Å². The number of rotatable bonds is 4. The van der Waals surface area contributed by atoms with E-state index in [2.05, 4.69) is 34.5 Å². The van der Waals surface area contributed by atoms with Gasteiger partial charge in [-0.15, -0.1) is 0 Å². The van der Waals surface area contributed by atoms with Crippen molar-refractivity contribution in [3.8, 4) is 11.3 Å². The van der Waals surface area contributed by atoms with Crippen molar-refractivity contribution in [1.82, 2.24) is 15.3 Å². The van der Waals surface area contributed by atoms with Gasteiger partial charge in [0.05, 0.1) is 5.69 Å². The number of benzene rings is 1. The molecule has 4 heteroatoms. The highest BCUT2D eigenvalue weighted by Gasteiger charge is 2.24. The second kappa shape index (κ2) is 5.69. The van der Waals surface area contributed by atoms with Crippen LogP contribution in [0.25, 0.3) is 11.3 Å². The Kier molecular flexibility index (Phi) is 3.54. The lowest BCUT2D eigenvalue weighted by atomic mass is 10.0. The predicted molar refractivity (Wildman–Crippen MR) is 89.1 cm³/mol. The fourth-order valence-corrected chi connectivity index (χ4v) is 3.35. The Bertz CT molecular complexity index is 691. The van der Waals surface area contributed by atoms with Gasteiger partial charge in [0, 0.05) is 36.5 Å². The molecule has 1 aromatic heterocycles. The molecule has 0 bridgehead atoms. The van der Waals surface area contributed by atoms with Gasteiger partial charge in [0.25, 0.3) is 0 Å². The Morgan fingerprint density at radius 2 is 2.05 bits per heavy atom. The van der Waals surface area contributed by atoms with Gasteiger partial charge in [0.1, 0.15) is 0 Å². The summed E-state index contributed by atoms with van der Waals surface area (Å²) in [7, 11) is 1.98. The van der Waals surface area contributed by atoms with E-state index in [4.69, 9.17) is 9.97 Å². The Morgan fingerprint density at radius 1 is 1.14 bits per heavy atom. The SMILES string of the molecule is CNCc1cccc(-c2nc(N3CCC3)nc3c2CCC3)c1. The normalized spacial score (nSPS) is 16.5. The Balaban J connectivity index is 1.79. The molecule has 2 aromatic rings. The van der Waals surface area contributed by atoms with Crippen LogP contribution in [0.1, 0.15) is 29.7 Å². The van der Waals surface area contributed by atoms with E-state index in [0.717, 1.165) is 44.1 Å². The van der Waals surface area contributed by atoms with Crippen molar-refractivity contribution in [3.05, 3.63) is 41.1 Å². The van der Waals surface area contributed by atoms with Gasteiger partial charge in [0.2, 0.25) is 5.95 Å². The van der Waals surface area contributed by atoms with Crippen LogP contribution in [0.15, 0.2) is 24.3 Å². The average molecular weight is 294 g/mol. The number of fused-ring (bicyclic) bond motifs is 1. The molecule has 1 N–H and O–H groups in total. The van der Waals surface area contributed by atoms with Crippen LogP contribution in [0.5, 0.6) is 0 Å². The van der Waals surface area contributed by atoms with E-state index in [1.165, 1.54) is 35.2 Å². The summed E-state index contributed by atoms with van der Waals surface area (Å²) < 4.78 is 0. The summed E-state index contributed by atoms with van der Waals surface area (Å²) in [5.74, 6) is 0.931. The second-order valence-electron chi connectivity index (χ2n) is 6.22.